The number of aromatic amines is 1. The van der Waals surface area contributed by atoms with E-state index in [2.05, 4.69) is 22.2 Å². The quantitative estimate of drug-likeness (QED) is 0.869. The van der Waals surface area contributed by atoms with Crippen molar-refractivity contribution in [2.45, 2.75) is 38.6 Å². The topological polar surface area (TPSA) is 57.8 Å². The molecule has 100 valence electrons. The van der Waals surface area contributed by atoms with Crippen LogP contribution in [-0.4, -0.2) is 21.9 Å². The van der Waals surface area contributed by atoms with Crippen molar-refractivity contribution >= 4 is 16.9 Å². The van der Waals surface area contributed by atoms with Crippen LogP contribution in [0.3, 0.4) is 0 Å². The third kappa shape index (κ3) is 2.48. The average Bonchev–Trinajstić information content (AvgIpc) is 2.88. The van der Waals surface area contributed by atoms with Gasteiger partial charge in [0.2, 0.25) is 0 Å². The van der Waals surface area contributed by atoms with E-state index in [9.17, 15) is 4.79 Å². The zero-order valence-electron chi connectivity index (χ0n) is 11.1. The van der Waals surface area contributed by atoms with Crippen molar-refractivity contribution in [2.75, 3.05) is 0 Å². The number of H-pyrrole nitrogens is 1. The summed E-state index contributed by atoms with van der Waals surface area (Å²) in [5.41, 5.74) is 2.50. The Balaban J connectivity index is 1.75. The van der Waals surface area contributed by atoms with Gasteiger partial charge in [-0.05, 0) is 37.0 Å². The Kier molecular flexibility index (Phi) is 3.23. The van der Waals surface area contributed by atoms with Crippen molar-refractivity contribution in [3.05, 3.63) is 30.1 Å². The summed E-state index contributed by atoms with van der Waals surface area (Å²) in [5, 5.41) is 3.17. The van der Waals surface area contributed by atoms with Gasteiger partial charge in [-0.2, -0.15) is 0 Å². The predicted octanol–water partition coefficient (Wildman–Crippen LogP) is 2.87. The Morgan fingerprint density at radius 1 is 1.37 bits per heavy atom. The molecule has 3 rings (SSSR count). The van der Waals surface area contributed by atoms with Crippen molar-refractivity contribution in [2.24, 2.45) is 5.92 Å². The molecule has 1 aliphatic rings. The van der Waals surface area contributed by atoms with E-state index in [0.29, 0.717) is 17.5 Å². The van der Waals surface area contributed by atoms with Gasteiger partial charge in [-0.25, -0.2) is 4.98 Å². The number of nitrogens with one attached hydrogen (secondary N) is 2. The van der Waals surface area contributed by atoms with E-state index in [1.807, 2.05) is 18.2 Å². The first-order valence-corrected chi connectivity index (χ1v) is 6.98. The normalized spacial score (nSPS) is 23.4. The molecular weight excluding hydrogens is 238 g/mol. The Morgan fingerprint density at radius 3 is 3.05 bits per heavy atom. The summed E-state index contributed by atoms with van der Waals surface area (Å²) in [6, 6.07) is 5.90. The fraction of sp³-hybridized carbons (Fsp3) is 0.467. The molecule has 2 aromatic rings. The molecule has 1 aromatic heterocycles. The zero-order valence-corrected chi connectivity index (χ0v) is 11.1. The minimum absolute atomic E-state index is 0.0234. The molecule has 0 saturated heterocycles. The second-order valence-corrected chi connectivity index (χ2v) is 5.48. The molecule has 19 heavy (non-hydrogen) atoms. The van der Waals surface area contributed by atoms with E-state index in [1.165, 1.54) is 19.3 Å². The second kappa shape index (κ2) is 5.03. The molecule has 1 fully saturated rings. The van der Waals surface area contributed by atoms with Crippen LogP contribution in [0.4, 0.5) is 0 Å². The molecular formula is C15H19N3O. The number of fused-ring (bicyclic) bond motifs is 1. The highest BCUT2D eigenvalue weighted by atomic mass is 16.1. The number of hydrogen-bond acceptors (Lipinski definition) is 2. The van der Waals surface area contributed by atoms with Crippen LogP contribution in [0.5, 0.6) is 0 Å². The van der Waals surface area contributed by atoms with Gasteiger partial charge in [-0.1, -0.05) is 19.8 Å². The summed E-state index contributed by atoms with van der Waals surface area (Å²) >= 11 is 0. The SMILES string of the molecule is C[C@H]1CCCC[C@H]1NC(=O)c1ccc2nc[nH]c2c1. The van der Waals surface area contributed by atoms with Crippen LogP contribution in [0.1, 0.15) is 43.0 Å². The lowest BCUT2D eigenvalue weighted by atomic mass is 9.86. The number of amides is 1. The van der Waals surface area contributed by atoms with Gasteiger partial charge in [0, 0.05) is 11.6 Å². The fourth-order valence-electron chi connectivity index (χ4n) is 2.86. The summed E-state index contributed by atoms with van der Waals surface area (Å²) in [6.07, 6.45) is 6.46. The predicted molar refractivity (Wildman–Crippen MR) is 75.0 cm³/mol. The van der Waals surface area contributed by atoms with Crippen molar-refractivity contribution in [1.82, 2.24) is 15.3 Å². The van der Waals surface area contributed by atoms with Crippen LogP contribution in [0, 0.1) is 5.92 Å². The second-order valence-electron chi connectivity index (χ2n) is 5.48. The van der Waals surface area contributed by atoms with Crippen LogP contribution in [-0.2, 0) is 0 Å². The largest absolute Gasteiger partial charge is 0.349 e. The molecule has 2 N–H and O–H groups in total. The summed E-state index contributed by atoms with van der Waals surface area (Å²) in [6.45, 7) is 2.22. The number of rotatable bonds is 2. The van der Waals surface area contributed by atoms with Crippen LogP contribution in [0.25, 0.3) is 11.0 Å². The monoisotopic (exact) mass is 257 g/mol. The van der Waals surface area contributed by atoms with Crippen molar-refractivity contribution in [3.63, 3.8) is 0 Å². The van der Waals surface area contributed by atoms with Gasteiger partial charge < -0.3 is 10.3 Å². The lowest BCUT2D eigenvalue weighted by Gasteiger charge is -2.29. The third-order valence-corrected chi connectivity index (χ3v) is 4.11. The number of nitrogens with zero attached hydrogens (tertiary/aromatic N) is 1. The average molecular weight is 257 g/mol. The van der Waals surface area contributed by atoms with Crippen LogP contribution in [0.15, 0.2) is 24.5 Å². The molecule has 0 unspecified atom stereocenters. The van der Waals surface area contributed by atoms with Gasteiger partial charge in [0.25, 0.3) is 5.91 Å². The van der Waals surface area contributed by atoms with Crippen molar-refractivity contribution in [1.29, 1.82) is 0 Å². The standard InChI is InChI=1S/C15H19N3O/c1-10-4-2-3-5-12(10)18-15(19)11-6-7-13-14(8-11)17-9-16-13/h6-10,12H,2-5H2,1H3,(H,16,17)(H,18,19)/t10-,12+/m0/s1. The molecule has 4 nitrogen and oxygen atoms in total. The van der Waals surface area contributed by atoms with Crippen LogP contribution >= 0.6 is 0 Å². The molecule has 0 radical (unpaired) electrons. The Morgan fingerprint density at radius 2 is 2.21 bits per heavy atom. The maximum Gasteiger partial charge on any atom is 0.251 e. The number of aromatic nitrogens is 2. The van der Waals surface area contributed by atoms with E-state index in [-0.39, 0.29) is 5.91 Å². The molecule has 1 heterocycles. The van der Waals surface area contributed by atoms with E-state index in [4.69, 9.17) is 0 Å². The van der Waals surface area contributed by atoms with Crippen molar-refractivity contribution in [3.8, 4) is 0 Å². The third-order valence-electron chi connectivity index (χ3n) is 4.11. The zero-order chi connectivity index (χ0) is 13.2. The highest BCUT2D eigenvalue weighted by molar-refractivity contribution is 5.97. The summed E-state index contributed by atoms with van der Waals surface area (Å²) in [4.78, 5) is 19.5. The minimum atomic E-state index is 0.0234. The molecule has 0 aliphatic heterocycles. The van der Waals surface area contributed by atoms with E-state index in [0.717, 1.165) is 17.5 Å². The van der Waals surface area contributed by atoms with Gasteiger partial charge in [0.05, 0.1) is 17.4 Å². The van der Waals surface area contributed by atoms with Gasteiger partial charge >= 0.3 is 0 Å². The molecule has 0 spiro atoms. The first-order chi connectivity index (χ1) is 9.24. The lowest BCUT2D eigenvalue weighted by Crippen LogP contribution is -2.41. The molecule has 1 aliphatic carbocycles. The minimum Gasteiger partial charge on any atom is -0.349 e. The number of imidazole rings is 1. The van der Waals surface area contributed by atoms with Gasteiger partial charge in [-0.15, -0.1) is 0 Å². The number of carbonyl (C=O) groups is 1. The Bertz CT molecular complexity index is 590. The lowest BCUT2D eigenvalue weighted by molar-refractivity contribution is 0.0910. The number of benzene rings is 1. The molecule has 1 saturated carbocycles. The van der Waals surface area contributed by atoms with E-state index in [1.54, 1.807) is 6.33 Å². The van der Waals surface area contributed by atoms with Gasteiger partial charge in [0.15, 0.2) is 0 Å². The van der Waals surface area contributed by atoms with E-state index >= 15 is 0 Å². The maximum absolute atomic E-state index is 12.3. The highest BCUT2D eigenvalue weighted by Gasteiger charge is 2.23. The van der Waals surface area contributed by atoms with Gasteiger partial charge in [0.1, 0.15) is 0 Å². The fourth-order valence-corrected chi connectivity index (χ4v) is 2.86. The summed E-state index contributed by atoms with van der Waals surface area (Å²) < 4.78 is 0. The number of carbonyl (C=O) groups excluding carboxylic acids is 1. The molecule has 2 atom stereocenters. The van der Waals surface area contributed by atoms with E-state index < -0.39 is 0 Å². The highest BCUT2D eigenvalue weighted by Crippen LogP contribution is 2.24. The first-order valence-electron chi connectivity index (χ1n) is 6.98. The first kappa shape index (κ1) is 12.2. The van der Waals surface area contributed by atoms with Crippen molar-refractivity contribution < 1.29 is 4.79 Å². The van der Waals surface area contributed by atoms with Gasteiger partial charge in [-0.3, -0.25) is 4.79 Å². The number of hydrogen-bond donors (Lipinski definition) is 2. The van der Waals surface area contributed by atoms with Crippen LogP contribution < -0.4 is 5.32 Å². The Hall–Kier alpha value is -1.84. The van der Waals surface area contributed by atoms with Crippen LogP contribution in [0.2, 0.25) is 0 Å². The Labute approximate surface area is 112 Å². The molecule has 0 bridgehead atoms. The smallest absolute Gasteiger partial charge is 0.251 e. The molecule has 4 heteroatoms. The summed E-state index contributed by atoms with van der Waals surface area (Å²) in [5.74, 6) is 0.601. The molecule has 1 amide bonds. The molecule has 1 aromatic carbocycles. The summed E-state index contributed by atoms with van der Waals surface area (Å²) in [7, 11) is 0. The maximum atomic E-state index is 12.3.